The van der Waals surface area contributed by atoms with E-state index in [0.717, 1.165) is 57.2 Å². The van der Waals surface area contributed by atoms with Crippen molar-refractivity contribution in [1.82, 2.24) is 9.80 Å². The zero-order chi connectivity index (χ0) is 33.6. The fourth-order valence-corrected chi connectivity index (χ4v) is 7.76. The quantitative estimate of drug-likeness (QED) is 0.122. The number of nitrogens with zero attached hydrogens (tertiary/aromatic N) is 2. The molecule has 2 aromatic heterocycles. The van der Waals surface area contributed by atoms with Crippen molar-refractivity contribution < 1.29 is 28.5 Å². The predicted octanol–water partition coefficient (Wildman–Crippen LogP) is 7.68. The Labute approximate surface area is 298 Å². The lowest BCUT2D eigenvalue weighted by atomic mass is 9.99. The number of carbonyl (C=O) groups is 2. The van der Waals surface area contributed by atoms with Crippen LogP contribution in [0, 0.1) is 0 Å². The number of likely N-dealkylation sites (N-methyl/N-ethyl adjacent to an activating group) is 2. The van der Waals surface area contributed by atoms with Gasteiger partial charge in [-0.3, -0.25) is 0 Å². The van der Waals surface area contributed by atoms with Gasteiger partial charge in [0.05, 0.1) is 0 Å². The van der Waals surface area contributed by atoms with Crippen molar-refractivity contribution in [2.24, 2.45) is 0 Å². The van der Waals surface area contributed by atoms with Crippen molar-refractivity contribution in [2.75, 3.05) is 40.3 Å². The predicted molar refractivity (Wildman–Crippen MR) is 189 cm³/mol. The van der Waals surface area contributed by atoms with E-state index >= 15 is 0 Å². The van der Waals surface area contributed by atoms with Gasteiger partial charge in [0, 0.05) is 69.3 Å². The van der Waals surface area contributed by atoms with E-state index in [9.17, 15) is 9.59 Å². The van der Waals surface area contributed by atoms with Crippen LogP contribution in [0.1, 0.15) is 44.2 Å². The number of ether oxygens (including phenoxy) is 4. The largest absolute Gasteiger partial charge is 0.488 e. The number of thiophene rings is 2. The lowest BCUT2D eigenvalue weighted by Gasteiger charge is -2.24. The second-order valence-corrected chi connectivity index (χ2v) is 14.7. The molecule has 0 N–H and O–H groups in total. The minimum Gasteiger partial charge on any atom is -0.488 e. The molecule has 2 aliphatic heterocycles. The first kappa shape index (κ1) is 34.5. The van der Waals surface area contributed by atoms with Crippen molar-refractivity contribution in [3.63, 3.8) is 0 Å². The first-order valence-electron chi connectivity index (χ1n) is 15.6. The molecule has 0 amide bonds. The van der Waals surface area contributed by atoms with Crippen molar-refractivity contribution in [3.05, 3.63) is 113 Å². The normalized spacial score (nSPS) is 18.4. The molecule has 0 saturated heterocycles. The summed E-state index contributed by atoms with van der Waals surface area (Å²) >= 11 is 16.5. The zero-order valence-electron chi connectivity index (χ0n) is 26.7. The molecule has 2 unspecified atom stereocenters. The minimum atomic E-state index is -0.677. The first-order valence-corrected chi connectivity index (χ1v) is 18.2. The van der Waals surface area contributed by atoms with Crippen LogP contribution >= 0.6 is 45.9 Å². The Balaban J connectivity index is 1.18. The van der Waals surface area contributed by atoms with Crippen LogP contribution in [-0.2, 0) is 45.1 Å². The van der Waals surface area contributed by atoms with Crippen LogP contribution in [0.3, 0.4) is 0 Å². The zero-order valence-corrected chi connectivity index (χ0v) is 29.8. The fraction of sp³-hybridized carbons (Fsp3) is 0.333. The average molecular weight is 728 g/mol. The Morgan fingerprint density at radius 3 is 1.56 bits per heavy atom. The number of benzene rings is 2. The Bertz CT molecular complexity index is 1630. The molecule has 0 spiro atoms. The Morgan fingerprint density at radius 1 is 0.729 bits per heavy atom. The van der Waals surface area contributed by atoms with E-state index in [1.165, 1.54) is 0 Å². The summed E-state index contributed by atoms with van der Waals surface area (Å²) in [6.45, 7) is 3.12. The van der Waals surface area contributed by atoms with E-state index in [4.69, 9.17) is 42.1 Å². The number of esters is 2. The van der Waals surface area contributed by atoms with Gasteiger partial charge in [-0.25, -0.2) is 9.59 Å². The second kappa shape index (κ2) is 15.9. The van der Waals surface area contributed by atoms with E-state index < -0.39 is 24.1 Å². The van der Waals surface area contributed by atoms with Gasteiger partial charge in [0.2, 0.25) is 0 Å². The number of carbonyl (C=O) groups excluding carboxylic acids is 2. The van der Waals surface area contributed by atoms with Crippen LogP contribution in [-0.4, -0.2) is 62.0 Å². The molecule has 4 heterocycles. The van der Waals surface area contributed by atoms with Gasteiger partial charge < -0.3 is 28.7 Å². The second-order valence-electron chi connectivity index (χ2n) is 11.8. The highest BCUT2D eigenvalue weighted by atomic mass is 35.5. The van der Waals surface area contributed by atoms with Crippen LogP contribution in [0.15, 0.2) is 71.4 Å². The smallest absolute Gasteiger partial charge is 0.331 e. The highest BCUT2D eigenvalue weighted by Gasteiger charge is 2.31. The van der Waals surface area contributed by atoms with Crippen molar-refractivity contribution in [2.45, 2.75) is 38.3 Å². The molecule has 2 atom stereocenters. The van der Waals surface area contributed by atoms with Gasteiger partial charge in [0.25, 0.3) is 0 Å². The summed E-state index contributed by atoms with van der Waals surface area (Å²) < 4.78 is 24.4. The average Bonchev–Trinajstić information content (AvgIpc) is 3.73. The van der Waals surface area contributed by atoms with Gasteiger partial charge in [-0.1, -0.05) is 35.3 Å². The molecule has 0 saturated carbocycles. The maximum Gasteiger partial charge on any atom is 0.331 e. The molecule has 4 aromatic rings. The van der Waals surface area contributed by atoms with Gasteiger partial charge in [-0.05, 0) is 85.2 Å². The topological polar surface area (TPSA) is 77.5 Å². The van der Waals surface area contributed by atoms with Crippen LogP contribution < -0.4 is 9.47 Å². The van der Waals surface area contributed by atoms with E-state index in [1.807, 2.05) is 73.4 Å². The molecule has 8 nitrogen and oxygen atoms in total. The molecular formula is C36H36Cl2N2O6S2. The molecular weight excluding hydrogens is 691 g/mol. The van der Waals surface area contributed by atoms with Gasteiger partial charge in [-0.15, -0.1) is 22.7 Å². The Morgan fingerprint density at radius 2 is 1.17 bits per heavy atom. The minimum absolute atomic E-state index is 0.388. The lowest BCUT2D eigenvalue weighted by molar-refractivity contribution is -0.147. The molecule has 0 bridgehead atoms. The molecule has 6 rings (SSSR count). The number of fused-ring (bicyclic) bond motifs is 2. The molecule has 0 aliphatic carbocycles. The highest BCUT2D eigenvalue weighted by Crippen LogP contribution is 2.40. The summed E-state index contributed by atoms with van der Waals surface area (Å²) in [5, 5.41) is 5.19. The molecule has 2 aliphatic rings. The molecule has 0 radical (unpaired) electrons. The number of halogens is 2. The lowest BCUT2D eigenvalue weighted by Crippen LogP contribution is -2.27. The van der Waals surface area contributed by atoms with Crippen molar-refractivity contribution in [1.29, 1.82) is 0 Å². The third kappa shape index (κ3) is 8.42. The van der Waals surface area contributed by atoms with E-state index in [1.54, 1.807) is 22.7 Å². The van der Waals surface area contributed by atoms with Crippen molar-refractivity contribution in [3.8, 4) is 11.5 Å². The summed E-state index contributed by atoms with van der Waals surface area (Å²) in [6.07, 6.45) is 2.25. The number of hydrogen-bond acceptors (Lipinski definition) is 10. The Hall–Kier alpha value is -3.38. The van der Waals surface area contributed by atoms with Gasteiger partial charge in [0.15, 0.2) is 0 Å². The third-order valence-electron chi connectivity index (χ3n) is 8.38. The van der Waals surface area contributed by atoms with Crippen LogP contribution in [0.25, 0.3) is 0 Å². The van der Waals surface area contributed by atoms with Gasteiger partial charge in [0.1, 0.15) is 36.9 Å². The Kier molecular flexibility index (Phi) is 11.4. The third-order valence-corrected chi connectivity index (χ3v) is 10.8. The molecule has 0 fully saturated rings. The maximum atomic E-state index is 13.2. The molecule has 2 aromatic carbocycles. The van der Waals surface area contributed by atoms with E-state index in [2.05, 4.69) is 9.80 Å². The SMILES string of the molecule is CN1CCc2c(Cl)ccc(OCc3cccs3)c2C(OC(=O)/C=C\C(=O)OC2CN(C)CCc3c(Cl)ccc(OCc4cccs4)c32)C1. The highest BCUT2D eigenvalue weighted by molar-refractivity contribution is 7.10. The summed E-state index contributed by atoms with van der Waals surface area (Å²) in [7, 11) is 3.93. The first-order chi connectivity index (χ1) is 23.2. The molecule has 48 heavy (non-hydrogen) atoms. The number of rotatable bonds is 10. The summed E-state index contributed by atoms with van der Waals surface area (Å²) in [6, 6.07) is 15.2. The van der Waals surface area contributed by atoms with Gasteiger partial charge in [-0.2, -0.15) is 0 Å². The van der Waals surface area contributed by atoms with E-state index in [0.29, 0.717) is 60.7 Å². The van der Waals surface area contributed by atoms with Crippen molar-refractivity contribution >= 4 is 57.8 Å². The molecule has 252 valence electrons. The van der Waals surface area contributed by atoms with E-state index in [-0.39, 0.29) is 0 Å². The standard InChI is InChI=1S/C36H36Cl2N2O6S2/c1-39-15-13-25-27(37)7-9-29(43-21-23-5-3-17-47-23)35(25)31(19-39)45-33(41)11-12-34(42)46-32-20-40(2)16-14-26-28(38)8-10-30(36(26)32)44-22-24-6-4-18-48-24/h3-12,17-18,31-32H,13-16,19-22H2,1-2H3/b12-11-. The summed E-state index contributed by atoms with van der Waals surface area (Å²) in [5.74, 6) is -0.120. The monoisotopic (exact) mass is 726 g/mol. The fourth-order valence-electron chi connectivity index (χ4n) is 6.01. The van der Waals surface area contributed by atoms with Crippen LogP contribution in [0.2, 0.25) is 10.0 Å². The summed E-state index contributed by atoms with van der Waals surface area (Å²) in [5.41, 5.74) is 3.27. The number of hydrogen-bond donors (Lipinski definition) is 0. The van der Waals surface area contributed by atoms with Gasteiger partial charge >= 0.3 is 11.9 Å². The molecule has 12 heteroatoms. The van der Waals surface area contributed by atoms with Crippen LogP contribution in [0.4, 0.5) is 0 Å². The van der Waals surface area contributed by atoms with Crippen LogP contribution in [0.5, 0.6) is 11.5 Å². The maximum absolute atomic E-state index is 13.2. The summed E-state index contributed by atoms with van der Waals surface area (Å²) in [4.78, 5) is 32.8.